The third-order valence-electron chi connectivity index (χ3n) is 2.58. The summed E-state index contributed by atoms with van der Waals surface area (Å²) in [5.74, 6) is 1.31. The molecule has 0 unspecified atom stereocenters. The van der Waals surface area contributed by atoms with Crippen molar-refractivity contribution in [2.24, 2.45) is 11.8 Å². The van der Waals surface area contributed by atoms with E-state index in [0.717, 1.165) is 39.3 Å². The van der Waals surface area contributed by atoms with E-state index >= 15 is 0 Å². The van der Waals surface area contributed by atoms with Gasteiger partial charge in [0.15, 0.2) is 0 Å². The normalized spacial score (nSPS) is 16.2. The molecule has 4 heteroatoms. The molecular weight excluding hydrogens is 204 g/mol. The summed E-state index contributed by atoms with van der Waals surface area (Å²) in [5.41, 5.74) is 0. The lowest BCUT2D eigenvalue weighted by atomic mass is 9.99. The fourth-order valence-corrected chi connectivity index (χ4v) is 1.55. The molecule has 0 radical (unpaired) electrons. The van der Waals surface area contributed by atoms with Gasteiger partial charge in [0.25, 0.3) is 0 Å². The second-order valence-corrected chi connectivity index (χ2v) is 4.90. The molecule has 1 fully saturated rings. The first-order valence-corrected chi connectivity index (χ1v) is 6.23. The fraction of sp³-hybridized carbons (Fsp3) is 0.917. The van der Waals surface area contributed by atoms with Gasteiger partial charge >= 0.3 is 0 Å². The number of carbonyl (C=O) groups excluding carboxylic acids is 1. The smallest absolute Gasteiger partial charge is 0.220 e. The van der Waals surface area contributed by atoms with Crippen LogP contribution in [0.3, 0.4) is 0 Å². The molecule has 0 aliphatic carbocycles. The largest absolute Gasteiger partial charge is 0.381 e. The van der Waals surface area contributed by atoms with E-state index in [1.54, 1.807) is 0 Å². The van der Waals surface area contributed by atoms with Crippen molar-refractivity contribution in [3.05, 3.63) is 0 Å². The van der Waals surface area contributed by atoms with Crippen molar-refractivity contribution in [1.29, 1.82) is 0 Å². The first kappa shape index (κ1) is 13.5. The summed E-state index contributed by atoms with van der Waals surface area (Å²) >= 11 is 0. The monoisotopic (exact) mass is 228 g/mol. The number of carbonyl (C=O) groups is 1. The summed E-state index contributed by atoms with van der Waals surface area (Å²) in [5, 5.41) is 6.08. The van der Waals surface area contributed by atoms with Gasteiger partial charge in [0, 0.05) is 26.2 Å². The van der Waals surface area contributed by atoms with Crippen molar-refractivity contribution in [2.75, 3.05) is 32.8 Å². The quantitative estimate of drug-likeness (QED) is 0.603. The highest BCUT2D eigenvalue weighted by Crippen LogP contribution is 2.07. The van der Waals surface area contributed by atoms with Gasteiger partial charge in [0.1, 0.15) is 0 Å². The van der Waals surface area contributed by atoms with Crippen LogP contribution in [-0.2, 0) is 9.53 Å². The van der Waals surface area contributed by atoms with Crippen molar-refractivity contribution >= 4 is 5.91 Å². The van der Waals surface area contributed by atoms with E-state index in [9.17, 15) is 4.79 Å². The summed E-state index contributed by atoms with van der Waals surface area (Å²) in [6.07, 6.45) is 1.57. The minimum atomic E-state index is 0.176. The molecule has 94 valence electrons. The third-order valence-corrected chi connectivity index (χ3v) is 2.58. The van der Waals surface area contributed by atoms with Crippen LogP contribution in [-0.4, -0.2) is 38.8 Å². The SMILES string of the molecule is CC(C)COCCCNC(=O)CC1CNC1. The maximum Gasteiger partial charge on any atom is 0.220 e. The third kappa shape index (κ3) is 6.08. The molecule has 1 saturated heterocycles. The molecule has 0 saturated carbocycles. The van der Waals surface area contributed by atoms with Gasteiger partial charge < -0.3 is 15.4 Å². The fourth-order valence-electron chi connectivity index (χ4n) is 1.55. The predicted octanol–water partition coefficient (Wildman–Crippen LogP) is 0.775. The second-order valence-electron chi connectivity index (χ2n) is 4.90. The van der Waals surface area contributed by atoms with Crippen LogP contribution in [0.25, 0.3) is 0 Å². The maximum atomic E-state index is 11.4. The second kappa shape index (κ2) is 7.63. The summed E-state index contributed by atoms with van der Waals surface area (Å²) < 4.78 is 5.43. The molecule has 1 rings (SSSR count). The van der Waals surface area contributed by atoms with Crippen LogP contribution in [0.2, 0.25) is 0 Å². The van der Waals surface area contributed by atoms with Crippen LogP contribution in [0.4, 0.5) is 0 Å². The molecule has 0 bridgehead atoms. The van der Waals surface area contributed by atoms with Crippen LogP contribution in [0.1, 0.15) is 26.7 Å². The van der Waals surface area contributed by atoms with Gasteiger partial charge in [-0.15, -0.1) is 0 Å². The number of nitrogens with one attached hydrogen (secondary N) is 2. The summed E-state index contributed by atoms with van der Waals surface area (Å²) in [7, 11) is 0. The molecule has 0 aromatic heterocycles. The molecule has 1 aliphatic rings. The molecule has 0 spiro atoms. The average molecular weight is 228 g/mol. The molecule has 1 amide bonds. The molecule has 2 N–H and O–H groups in total. The van der Waals surface area contributed by atoms with Crippen LogP contribution in [0, 0.1) is 11.8 Å². The first-order chi connectivity index (χ1) is 7.68. The number of ether oxygens (including phenoxy) is 1. The van der Waals surface area contributed by atoms with Crippen molar-refractivity contribution in [2.45, 2.75) is 26.7 Å². The van der Waals surface area contributed by atoms with E-state index in [4.69, 9.17) is 4.74 Å². The van der Waals surface area contributed by atoms with E-state index in [1.165, 1.54) is 0 Å². The van der Waals surface area contributed by atoms with Crippen molar-refractivity contribution in [1.82, 2.24) is 10.6 Å². The number of rotatable bonds is 8. The minimum Gasteiger partial charge on any atom is -0.381 e. The number of amides is 1. The van der Waals surface area contributed by atoms with E-state index in [0.29, 0.717) is 18.3 Å². The van der Waals surface area contributed by atoms with Gasteiger partial charge in [-0.25, -0.2) is 0 Å². The lowest BCUT2D eigenvalue weighted by Crippen LogP contribution is -2.44. The van der Waals surface area contributed by atoms with Crippen molar-refractivity contribution in [3.63, 3.8) is 0 Å². The predicted molar refractivity (Wildman–Crippen MR) is 64.3 cm³/mol. The topological polar surface area (TPSA) is 50.4 Å². The molecule has 4 nitrogen and oxygen atoms in total. The highest BCUT2D eigenvalue weighted by molar-refractivity contribution is 5.76. The zero-order chi connectivity index (χ0) is 11.8. The molecule has 0 atom stereocenters. The van der Waals surface area contributed by atoms with Crippen molar-refractivity contribution in [3.8, 4) is 0 Å². The van der Waals surface area contributed by atoms with E-state index in [1.807, 2.05) is 0 Å². The average Bonchev–Trinajstić information content (AvgIpc) is 2.17. The van der Waals surface area contributed by atoms with Crippen molar-refractivity contribution < 1.29 is 9.53 Å². The van der Waals surface area contributed by atoms with Gasteiger partial charge in [-0.1, -0.05) is 13.8 Å². The van der Waals surface area contributed by atoms with Gasteiger partial charge in [-0.2, -0.15) is 0 Å². The molecule has 0 aromatic rings. The van der Waals surface area contributed by atoms with E-state index < -0.39 is 0 Å². The zero-order valence-electron chi connectivity index (χ0n) is 10.4. The van der Waals surface area contributed by atoms with Crippen LogP contribution in [0.5, 0.6) is 0 Å². The Bertz CT molecular complexity index is 203. The van der Waals surface area contributed by atoms with Gasteiger partial charge in [0.2, 0.25) is 5.91 Å². The Balaban J connectivity index is 1.84. The zero-order valence-corrected chi connectivity index (χ0v) is 10.4. The Morgan fingerprint density at radius 1 is 1.50 bits per heavy atom. The summed E-state index contributed by atoms with van der Waals surface area (Å²) in [4.78, 5) is 11.4. The van der Waals surface area contributed by atoms with Crippen LogP contribution < -0.4 is 10.6 Å². The molecule has 0 aromatic carbocycles. The highest BCUT2D eigenvalue weighted by atomic mass is 16.5. The molecule has 16 heavy (non-hydrogen) atoms. The van der Waals surface area contributed by atoms with Crippen LogP contribution in [0.15, 0.2) is 0 Å². The number of hydrogen-bond donors (Lipinski definition) is 2. The Morgan fingerprint density at radius 3 is 2.81 bits per heavy atom. The molecule has 1 heterocycles. The summed E-state index contributed by atoms with van der Waals surface area (Å²) in [6, 6.07) is 0. The van der Waals surface area contributed by atoms with Gasteiger partial charge in [-0.05, 0) is 31.3 Å². The highest BCUT2D eigenvalue weighted by Gasteiger charge is 2.19. The first-order valence-electron chi connectivity index (χ1n) is 6.23. The van der Waals surface area contributed by atoms with Crippen LogP contribution >= 0.6 is 0 Å². The minimum absolute atomic E-state index is 0.176. The Morgan fingerprint density at radius 2 is 2.25 bits per heavy atom. The Kier molecular flexibility index (Phi) is 6.42. The maximum absolute atomic E-state index is 11.4. The van der Waals surface area contributed by atoms with Gasteiger partial charge in [0.05, 0.1) is 0 Å². The summed E-state index contributed by atoms with van der Waals surface area (Å²) in [6.45, 7) is 8.53. The Hall–Kier alpha value is -0.610. The van der Waals surface area contributed by atoms with E-state index in [-0.39, 0.29) is 5.91 Å². The molecular formula is C12H24N2O2. The number of hydrogen-bond acceptors (Lipinski definition) is 3. The lowest BCUT2D eigenvalue weighted by molar-refractivity contribution is -0.122. The standard InChI is InChI=1S/C12H24N2O2/c1-10(2)9-16-5-3-4-14-12(15)6-11-7-13-8-11/h10-11,13H,3-9H2,1-2H3,(H,14,15). The Labute approximate surface area is 98.1 Å². The lowest BCUT2D eigenvalue weighted by Gasteiger charge is -2.26. The molecule has 1 aliphatic heterocycles. The van der Waals surface area contributed by atoms with Gasteiger partial charge in [-0.3, -0.25) is 4.79 Å². The van der Waals surface area contributed by atoms with E-state index in [2.05, 4.69) is 24.5 Å².